The Hall–Kier alpha value is -0.330. The second kappa shape index (κ2) is 7.18. The smallest absolute Gasteiger partial charge is 0.394 e. The number of hydrogen-bond acceptors (Lipinski definition) is 3. The van der Waals surface area contributed by atoms with Gasteiger partial charge in [0.2, 0.25) is 0 Å². The fraction of sp³-hybridized carbons (Fsp3) is 1.00. The molecule has 0 aromatic carbocycles. The third kappa shape index (κ3) is 6.85. The molecular weight excluding hydrogens is 235 g/mol. The van der Waals surface area contributed by atoms with E-state index in [0.717, 1.165) is 13.3 Å². The Morgan fingerprint density at radius 2 is 1.94 bits per heavy atom. The lowest BCUT2D eigenvalue weighted by Gasteiger charge is -2.29. The number of alkyl halides is 3. The van der Waals surface area contributed by atoms with Gasteiger partial charge in [-0.05, 0) is 33.2 Å². The molecule has 0 saturated carbocycles. The van der Waals surface area contributed by atoms with E-state index in [1.807, 2.05) is 6.92 Å². The Morgan fingerprint density at radius 1 is 1.35 bits per heavy atom. The zero-order chi connectivity index (χ0) is 13.5. The molecule has 0 amide bonds. The third-order valence-electron chi connectivity index (χ3n) is 2.63. The summed E-state index contributed by atoms with van der Waals surface area (Å²) in [5.41, 5.74) is -0.582. The van der Waals surface area contributed by atoms with Crippen molar-refractivity contribution in [1.29, 1.82) is 0 Å². The van der Waals surface area contributed by atoms with Crippen LogP contribution in [0.25, 0.3) is 0 Å². The van der Waals surface area contributed by atoms with Crippen molar-refractivity contribution < 1.29 is 23.0 Å². The molecule has 17 heavy (non-hydrogen) atoms. The molecule has 0 aromatic rings. The monoisotopic (exact) mass is 257 g/mol. The summed E-state index contributed by atoms with van der Waals surface area (Å²) in [4.78, 5) is 0. The van der Waals surface area contributed by atoms with Crippen LogP contribution in [0.3, 0.4) is 0 Å². The fourth-order valence-electron chi connectivity index (χ4n) is 1.21. The van der Waals surface area contributed by atoms with E-state index in [1.165, 1.54) is 0 Å². The minimum absolute atomic E-state index is 0.0333. The summed E-state index contributed by atoms with van der Waals surface area (Å²) >= 11 is 0. The average molecular weight is 257 g/mol. The Balaban J connectivity index is 3.99. The minimum atomic E-state index is -4.33. The van der Waals surface area contributed by atoms with Gasteiger partial charge in [-0.15, -0.1) is 0 Å². The number of rotatable bonds is 8. The zero-order valence-electron chi connectivity index (χ0n) is 10.6. The molecule has 6 heteroatoms. The van der Waals surface area contributed by atoms with Crippen LogP contribution < -0.4 is 5.32 Å². The van der Waals surface area contributed by atoms with Crippen LogP contribution in [0.2, 0.25) is 0 Å². The fourth-order valence-corrected chi connectivity index (χ4v) is 1.21. The molecule has 0 aliphatic heterocycles. The summed E-state index contributed by atoms with van der Waals surface area (Å²) in [5, 5.41) is 12.3. The molecule has 0 bridgehead atoms. The first-order valence-electron chi connectivity index (χ1n) is 5.79. The lowest BCUT2D eigenvalue weighted by atomic mass is 9.99. The molecule has 0 fully saturated rings. The van der Waals surface area contributed by atoms with Crippen molar-refractivity contribution >= 4 is 0 Å². The Labute approximate surface area is 100 Å². The first kappa shape index (κ1) is 16.7. The molecule has 0 rings (SSSR count). The maximum atomic E-state index is 12.2. The van der Waals surface area contributed by atoms with E-state index >= 15 is 0 Å². The highest BCUT2D eigenvalue weighted by molar-refractivity contribution is 4.82. The van der Waals surface area contributed by atoms with Crippen LogP contribution >= 0.6 is 0 Å². The van der Waals surface area contributed by atoms with E-state index in [2.05, 4.69) is 5.32 Å². The first-order valence-corrected chi connectivity index (χ1v) is 5.79. The van der Waals surface area contributed by atoms with E-state index < -0.39 is 17.8 Å². The minimum Gasteiger partial charge on any atom is -0.394 e. The Kier molecular flexibility index (Phi) is 7.04. The summed E-state index contributed by atoms with van der Waals surface area (Å²) < 4.78 is 41.2. The van der Waals surface area contributed by atoms with Crippen LogP contribution in [-0.2, 0) is 4.74 Å². The van der Waals surface area contributed by atoms with Gasteiger partial charge in [0.05, 0.1) is 6.61 Å². The van der Waals surface area contributed by atoms with Gasteiger partial charge in [0.15, 0.2) is 6.10 Å². The average Bonchev–Trinajstić information content (AvgIpc) is 2.25. The van der Waals surface area contributed by atoms with Crippen LogP contribution in [-0.4, -0.2) is 42.7 Å². The van der Waals surface area contributed by atoms with Crippen LogP contribution in [0.1, 0.15) is 33.6 Å². The maximum absolute atomic E-state index is 12.2. The van der Waals surface area contributed by atoms with E-state index in [9.17, 15) is 18.3 Å². The van der Waals surface area contributed by atoms with Crippen molar-refractivity contribution in [1.82, 2.24) is 5.32 Å². The zero-order valence-corrected chi connectivity index (χ0v) is 10.6. The lowest BCUT2D eigenvalue weighted by molar-refractivity contribution is -0.215. The number of aliphatic hydroxyl groups excluding tert-OH is 1. The highest BCUT2D eigenvalue weighted by atomic mass is 19.4. The predicted molar refractivity (Wildman–Crippen MR) is 59.9 cm³/mol. The van der Waals surface area contributed by atoms with Gasteiger partial charge in [-0.25, -0.2) is 0 Å². The van der Waals surface area contributed by atoms with Crippen LogP contribution in [0.5, 0.6) is 0 Å². The highest BCUT2D eigenvalue weighted by Gasteiger charge is 2.37. The first-order chi connectivity index (χ1) is 7.75. The molecule has 0 aliphatic rings. The van der Waals surface area contributed by atoms with Crippen LogP contribution in [0.15, 0.2) is 0 Å². The highest BCUT2D eigenvalue weighted by Crippen LogP contribution is 2.23. The normalized spacial score (nSPS) is 17.8. The topological polar surface area (TPSA) is 41.5 Å². The van der Waals surface area contributed by atoms with Gasteiger partial charge < -0.3 is 15.2 Å². The summed E-state index contributed by atoms with van der Waals surface area (Å²) in [5.74, 6) is 0. The number of hydrogen-bond donors (Lipinski definition) is 2. The van der Waals surface area contributed by atoms with Gasteiger partial charge in [0, 0.05) is 12.1 Å². The second-order valence-corrected chi connectivity index (χ2v) is 4.45. The third-order valence-corrected chi connectivity index (χ3v) is 2.63. The molecule has 2 unspecified atom stereocenters. The van der Waals surface area contributed by atoms with Crippen LogP contribution in [0, 0.1) is 0 Å². The maximum Gasteiger partial charge on any atom is 0.414 e. The van der Waals surface area contributed by atoms with Crippen molar-refractivity contribution in [2.45, 2.75) is 51.4 Å². The molecular formula is C11H22F3NO2. The van der Waals surface area contributed by atoms with Crippen LogP contribution in [0.4, 0.5) is 13.2 Å². The van der Waals surface area contributed by atoms with Gasteiger partial charge in [-0.3, -0.25) is 0 Å². The molecule has 0 radical (unpaired) electrons. The summed E-state index contributed by atoms with van der Waals surface area (Å²) in [6, 6.07) is 0. The molecule has 0 aromatic heterocycles. The number of halogens is 3. The van der Waals surface area contributed by atoms with Crippen molar-refractivity contribution in [3.05, 3.63) is 0 Å². The van der Waals surface area contributed by atoms with Gasteiger partial charge in [-0.2, -0.15) is 13.2 Å². The Bertz CT molecular complexity index is 211. The molecule has 0 spiro atoms. The van der Waals surface area contributed by atoms with Crippen molar-refractivity contribution in [2.75, 3.05) is 19.8 Å². The van der Waals surface area contributed by atoms with Crippen molar-refractivity contribution in [2.24, 2.45) is 0 Å². The Morgan fingerprint density at radius 3 is 2.35 bits per heavy atom. The second-order valence-electron chi connectivity index (χ2n) is 4.45. The standard InChI is InChI=1S/C11H22F3NO2/c1-4-6-15-10(3,8-16)5-7-17-9(2)11(12,13)14/h9,15-16H,4-8H2,1-3H3. The SMILES string of the molecule is CCCNC(C)(CO)CCOC(C)C(F)(F)F. The molecule has 2 atom stereocenters. The van der Waals surface area contributed by atoms with E-state index in [-0.39, 0.29) is 13.2 Å². The van der Waals surface area contributed by atoms with Gasteiger partial charge in [0.25, 0.3) is 0 Å². The molecule has 104 valence electrons. The van der Waals surface area contributed by atoms with Gasteiger partial charge in [-0.1, -0.05) is 6.92 Å². The molecule has 0 saturated heterocycles. The van der Waals surface area contributed by atoms with E-state index in [4.69, 9.17) is 4.74 Å². The van der Waals surface area contributed by atoms with Crippen molar-refractivity contribution in [3.63, 3.8) is 0 Å². The lowest BCUT2D eigenvalue weighted by Crippen LogP contribution is -2.47. The van der Waals surface area contributed by atoms with Crippen molar-refractivity contribution in [3.8, 4) is 0 Å². The largest absolute Gasteiger partial charge is 0.414 e. The number of nitrogens with one attached hydrogen (secondary N) is 1. The van der Waals surface area contributed by atoms with Gasteiger partial charge in [0.1, 0.15) is 0 Å². The molecule has 3 nitrogen and oxygen atoms in total. The summed E-state index contributed by atoms with van der Waals surface area (Å²) in [6.45, 7) is 5.28. The number of aliphatic hydroxyl groups is 1. The molecule has 0 aliphatic carbocycles. The number of ether oxygens (including phenoxy) is 1. The quantitative estimate of drug-likeness (QED) is 0.699. The van der Waals surface area contributed by atoms with Gasteiger partial charge >= 0.3 is 6.18 Å². The summed E-state index contributed by atoms with van der Waals surface area (Å²) in [6.07, 6.45) is -4.86. The summed E-state index contributed by atoms with van der Waals surface area (Å²) in [7, 11) is 0. The molecule has 2 N–H and O–H groups in total. The predicted octanol–water partition coefficient (Wildman–Crippen LogP) is 2.09. The van der Waals surface area contributed by atoms with E-state index in [1.54, 1.807) is 6.92 Å². The van der Waals surface area contributed by atoms with E-state index in [0.29, 0.717) is 13.0 Å². The molecule has 0 heterocycles.